The molecule has 1 aliphatic heterocycles. The number of esters is 1. The van der Waals surface area contributed by atoms with Crippen LogP contribution in [-0.2, 0) is 9.53 Å². The Morgan fingerprint density at radius 3 is 2.78 bits per heavy atom. The molecule has 1 rings (SSSR count). The number of rotatable bonds is 1. The van der Waals surface area contributed by atoms with Crippen LogP contribution in [-0.4, -0.2) is 16.0 Å². The lowest BCUT2D eigenvalue weighted by atomic mass is 10.2. The first-order valence-electron chi connectivity index (χ1n) is 3.07. The first kappa shape index (κ1) is 7.31. The number of carbonyl (C=O) groups excluding carboxylic acids is 1. The molecule has 3 heteroatoms. The molecule has 1 saturated heterocycles. The van der Waals surface area contributed by atoms with Gasteiger partial charge in [-0.15, -0.1) is 0 Å². The number of carbonyl (C=O) groups is 1. The molecule has 9 heavy (non-hydrogen) atoms. The minimum absolute atomic E-state index is 0.0405. The van der Waals surface area contributed by atoms with E-state index in [0.717, 1.165) is 6.42 Å². The molecule has 0 aromatic rings. The van der Waals surface area contributed by atoms with Gasteiger partial charge in [-0.05, 0) is 6.42 Å². The van der Waals surface area contributed by atoms with Crippen LogP contribution in [0.4, 0.5) is 0 Å². The van der Waals surface area contributed by atoms with Crippen LogP contribution in [0.1, 0.15) is 19.8 Å². The molecule has 0 aliphatic carbocycles. The predicted molar refractivity (Wildman–Crippen MR) is 42.6 cm³/mol. The van der Waals surface area contributed by atoms with Crippen molar-refractivity contribution in [3.63, 3.8) is 0 Å². The van der Waals surface area contributed by atoms with Gasteiger partial charge in [0.25, 0.3) is 0 Å². The van der Waals surface area contributed by atoms with Gasteiger partial charge in [0, 0.05) is 0 Å². The third-order valence-electron chi connectivity index (χ3n) is 1.45. The van der Waals surface area contributed by atoms with E-state index in [1.807, 2.05) is 6.92 Å². The summed E-state index contributed by atoms with van der Waals surface area (Å²) in [6.07, 6.45) is 1.72. The standard InChI is InChI=1S/C6H9IO2/c1-2-5-4(7)3-6(8)9-5/h4-5H,2-3H2,1H3/t4-,5+/m1/s1. The van der Waals surface area contributed by atoms with E-state index >= 15 is 0 Å². The Morgan fingerprint density at radius 1 is 1.89 bits per heavy atom. The van der Waals surface area contributed by atoms with Crippen LogP contribution in [0.25, 0.3) is 0 Å². The van der Waals surface area contributed by atoms with Crippen LogP contribution in [0.5, 0.6) is 0 Å². The highest BCUT2D eigenvalue weighted by atomic mass is 127. The van der Waals surface area contributed by atoms with Crippen molar-refractivity contribution in [2.45, 2.75) is 29.8 Å². The second kappa shape index (κ2) is 2.86. The van der Waals surface area contributed by atoms with E-state index in [1.165, 1.54) is 0 Å². The highest BCUT2D eigenvalue weighted by Crippen LogP contribution is 2.24. The first-order valence-corrected chi connectivity index (χ1v) is 4.32. The number of hydrogen-bond acceptors (Lipinski definition) is 2. The van der Waals surface area contributed by atoms with Crippen molar-refractivity contribution in [3.05, 3.63) is 0 Å². The number of ether oxygens (including phenoxy) is 1. The zero-order valence-electron chi connectivity index (χ0n) is 5.26. The van der Waals surface area contributed by atoms with Crippen molar-refractivity contribution in [2.24, 2.45) is 0 Å². The zero-order valence-corrected chi connectivity index (χ0v) is 7.42. The zero-order chi connectivity index (χ0) is 6.85. The monoisotopic (exact) mass is 240 g/mol. The van der Waals surface area contributed by atoms with Crippen LogP contribution in [0.15, 0.2) is 0 Å². The van der Waals surface area contributed by atoms with Crippen LogP contribution in [0.2, 0.25) is 0 Å². The molecule has 0 bridgehead atoms. The quantitative estimate of drug-likeness (QED) is 0.394. The Balaban J connectivity index is 2.47. The number of alkyl halides is 1. The fraction of sp³-hybridized carbons (Fsp3) is 0.833. The fourth-order valence-electron chi connectivity index (χ4n) is 0.921. The van der Waals surface area contributed by atoms with Gasteiger partial charge in [-0.2, -0.15) is 0 Å². The largest absolute Gasteiger partial charge is 0.461 e. The Bertz CT molecular complexity index is 124. The van der Waals surface area contributed by atoms with Crippen molar-refractivity contribution >= 4 is 28.6 Å². The average Bonchev–Trinajstić information content (AvgIpc) is 2.10. The molecule has 1 aliphatic rings. The summed E-state index contributed by atoms with van der Waals surface area (Å²) in [5.41, 5.74) is 0. The van der Waals surface area contributed by atoms with E-state index in [-0.39, 0.29) is 12.1 Å². The van der Waals surface area contributed by atoms with Crippen LogP contribution < -0.4 is 0 Å². The third-order valence-corrected chi connectivity index (χ3v) is 2.69. The average molecular weight is 240 g/mol. The number of halogens is 1. The summed E-state index contributed by atoms with van der Waals surface area (Å²) in [4.78, 5) is 10.6. The molecular formula is C6H9IO2. The third kappa shape index (κ3) is 1.56. The first-order chi connectivity index (χ1) is 4.24. The molecule has 52 valence electrons. The Labute approximate surface area is 68.1 Å². The lowest BCUT2D eigenvalue weighted by Crippen LogP contribution is -2.13. The SMILES string of the molecule is CC[C@@H]1OC(=O)C[C@H]1I. The summed E-state index contributed by atoms with van der Waals surface area (Å²) >= 11 is 2.26. The van der Waals surface area contributed by atoms with Gasteiger partial charge in [-0.25, -0.2) is 0 Å². The van der Waals surface area contributed by atoms with E-state index in [1.54, 1.807) is 0 Å². The molecule has 0 radical (unpaired) electrons. The highest BCUT2D eigenvalue weighted by molar-refractivity contribution is 14.1. The molecule has 1 heterocycles. The van der Waals surface area contributed by atoms with Gasteiger partial charge in [0.2, 0.25) is 0 Å². The van der Waals surface area contributed by atoms with E-state index in [2.05, 4.69) is 22.6 Å². The summed E-state index contributed by atoms with van der Waals surface area (Å²) in [6.45, 7) is 2.04. The number of cyclic esters (lactones) is 1. The van der Waals surface area contributed by atoms with E-state index < -0.39 is 0 Å². The van der Waals surface area contributed by atoms with Gasteiger partial charge in [-0.3, -0.25) is 4.79 Å². The second-order valence-electron chi connectivity index (χ2n) is 2.16. The normalized spacial score (nSPS) is 34.7. The Morgan fingerprint density at radius 2 is 2.56 bits per heavy atom. The maximum atomic E-state index is 10.6. The second-order valence-corrected chi connectivity index (χ2v) is 3.76. The van der Waals surface area contributed by atoms with Crippen molar-refractivity contribution < 1.29 is 9.53 Å². The topological polar surface area (TPSA) is 26.3 Å². The minimum atomic E-state index is -0.0405. The maximum Gasteiger partial charge on any atom is 0.307 e. The van der Waals surface area contributed by atoms with Crippen molar-refractivity contribution in [2.75, 3.05) is 0 Å². The molecule has 0 aromatic heterocycles. The van der Waals surface area contributed by atoms with Gasteiger partial charge >= 0.3 is 5.97 Å². The lowest BCUT2D eigenvalue weighted by Gasteiger charge is -2.07. The Kier molecular flexibility index (Phi) is 2.32. The van der Waals surface area contributed by atoms with Gasteiger partial charge < -0.3 is 4.74 Å². The van der Waals surface area contributed by atoms with E-state index in [4.69, 9.17) is 4.74 Å². The molecule has 0 amide bonds. The summed E-state index contributed by atoms with van der Waals surface area (Å²) in [7, 11) is 0. The smallest absolute Gasteiger partial charge is 0.307 e. The molecule has 0 saturated carbocycles. The summed E-state index contributed by atoms with van der Waals surface area (Å²) < 4.78 is 5.38. The van der Waals surface area contributed by atoms with Gasteiger partial charge in [-0.1, -0.05) is 29.5 Å². The van der Waals surface area contributed by atoms with E-state index in [9.17, 15) is 4.79 Å². The molecule has 2 atom stereocenters. The van der Waals surface area contributed by atoms with Crippen molar-refractivity contribution in [1.82, 2.24) is 0 Å². The highest BCUT2D eigenvalue weighted by Gasteiger charge is 2.30. The molecule has 0 N–H and O–H groups in total. The maximum absolute atomic E-state index is 10.6. The molecule has 1 fully saturated rings. The van der Waals surface area contributed by atoms with Gasteiger partial charge in [0.1, 0.15) is 6.10 Å². The van der Waals surface area contributed by atoms with Gasteiger partial charge in [0.15, 0.2) is 0 Å². The van der Waals surface area contributed by atoms with E-state index in [0.29, 0.717) is 10.3 Å². The molecule has 2 nitrogen and oxygen atoms in total. The molecule has 0 unspecified atom stereocenters. The predicted octanol–water partition coefficient (Wildman–Crippen LogP) is 1.52. The van der Waals surface area contributed by atoms with Gasteiger partial charge in [0.05, 0.1) is 10.3 Å². The summed E-state index contributed by atoms with van der Waals surface area (Å²) in [5.74, 6) is -0.0405. The summed E-state index contributed by atoms with van der Waals surface area (Å²) in [5, 5.41) is 0. The van der Waals surface area contributed by atoms with Crippen LogP contribution in [0.3, 0.4) is 0 Å². The summed E-state index contributed by atoms with van der Waals surface area (Å²) in [6, 6.07) is 0. The van der Waals surface area contributed by atoms with Crippen molar-refractivity contribution in [1.29, 1.82) is 0 Å². The molecule has 0 aromatic carbocycles. The minimum Gasteiger partial charge on any atom is -0.461 e. The van der Waals surface area contributed by atoms with Crippen molar-refractivity contribution in [3.8, 4) is 0 Å². The lowest BCUT2D eigenvalue weighted by molar-refractivity contribution is -0.141. The number of hydrogen-bond donors (Lipinski definition) is 0. The fourth-order valence-corrected chi connectivity index (χ4v) is 1.94. The van der Waals surface area contributed by atoms with Crippen LogP contribution in [0, 0.1) is 0 Å². The molecule has 0 spiro atoms. The molecular weight excluding hydrogens is 231 g/mol. The Hall–Kier alpha value is 0.200. The van der Waals surface area contributed by atoms with Crippen LogP contribution >= 0.6 is 22.6 Å².